The van der Waals surface area contributed by atoms with Gasteiger partial charge in [-0.3, -0.25) is 4.79 Å². The van der Waals surface area contributed by atoms with Crippen LogP contribution in [-0.4, -0.2) is 50.9 Å². The van der Waals surface area contributed by atoms with E-state index in [1.165, 1.54) is 16.1 Å². The van der Waals surface area contributed by atoms with Crippen molar-refractivity contribution in [1.29, 1.82) is 0 Å². The lowest BCUT2D eigenvalue weighted by Crippen LogP contribution is -2.44. The van der Waals surface area contributed by atoms with Gasteiger partial charge in [0, 0.05) is 43.5 Å². The Hall–Kier alpha value is -2.38. The molecule has 0 aliphatic carbocycles. The number of carbonyl (C=O) groups excluding carboxylic acids is 1. The fourth-order valence-corrected chi connectivity index (χ4v) is 5.20. The van der Waals surface area contributed by atoms with Crippen LogP contribution in [0.5, 0.6) is 0 Å². The number of para-hydroxylation sites is 1. The summed E-state index contributed by atoms with van der Waals surface area (Å²) in [7, 11) is -3.58. The molecule has 6 nitrogen and oxygen atoms in total. The molecule has 0 atom stereocenters. The third-order valence-electron chi connectivity index (χ3n) is 5.39. The third kappa shape index (κ3) is 4.97. The van der Waals surface area contributed by atoms with Gasteiger partial charge in [-0.1, -0.05) is 38.1 Å². The second-order valence-corrected chi connectivity index (χ2v) is 9.13. The Bertz CT molecular complexity index is 919. The van der Waals surface area contributed by atoms with Gasteiger partial charge in [-0.2, -0.15) is 4.31 Å². The monoisotopic (exact) mass is 415 g/mol. The maximum atomic E-state index is 12.7. The maximum absolute atomic E-state index is 12.7. The van der Waals surface area contributed by atoms with Gasteiger partial charge in [0.25, 0.3) is 5.91 Å². The normalized spacial score (nSPS) is 15.5. The molecule has 0 bridgehead atoms. The number of benzene rings is 2. The molecule has 0 spiro atoms. The molecule has 29 heavy (non-hydrogen) atoms. The number of nitrogens with zero attached hydrogens (tertiary/aromatic N) is 2. The number of rotatable bonds is 7. The molecule has 0 unspecified atom stereocenters. The molecular formula is C22H29N3O3S. The number of amides is 1. The van der Waals surface area contributed by atoms with E-state index in [9.17, 15) is 13.2 Å². The van der Waals surface area contributed by atoms with Gasteiger partial charge in [-0.15, -0.1) is 0 Å². The summed E-state index contributed by atoms with van der Waals surface area (Å²) in [5.41, 5.74) is 1.58. The molecule has 3 rings (SSSR count). The lowest BCUT2D eigenvalue weighted by atomic mass is 10.0. The van der Waals surface area contributed by atoms with E-state index >= 15 is 0 Å². The Kier molecular flexibility index (Phi) is 6.92. The zero-order valence-corrected chi connectivity index (χ0v) is 17.9. The van der Waals surface area contributed by atoms with Crippen LogP contribution < -0.4 is 10.2 Å². The lowest BCUT2D eigenvalue weighted by Gasteiger charge is -2.34. The van der Waals surface area contributed by atoms with Crippen molar-refractivity contribution >= 4 is 21.6 Å². The molecular weight excluding hydrogens is 386 g/mol. The zero-order valence-electron chi connectivity index (χ0n) is 17.0. The molecule has 1 amide bonds. The summed E-state index contributed by atoms with van der Waals surface area (Å²) in [6, 6.07) is 16.7. The summed E-state index contributed by atoms with van der Waals surface area (Å²) in [4.78, 5) is 15.2. The number of sulfonamides is 1. The topological polar surface area (TPSA) is 69.7 Å². The average molecular weight is 416 g/mol. The Morgan fingerprint density at radius 2 is 1.69 bits per heavy atom. The second kappa shape index (κ2) is 9.41. The van der Waals surface area contributed by atoms with Gasteiger partial charge in [0.1, 0.15) is 0 Å². The van der Waals surface area contributed by atoms with Gasteiger partial charge in [0.05, 0.1) is 4.90 Å². The number of carbonyl (C=O) groups is 1. The third-order valence-corrected chi connectivity index (χ3v) is 7.44. The highest BCUT2D eigenvalue weighted by Crippen LogP contribution is 2.20. The highest BCUT2D eigenvalue weighted by Gasteiger charge is 2.24. The van der Waals surface area contributed by atoms with E-state index in [0.717, 1.165) is 25.9 Å². The highest BCUT2D eigenvalue weighted by molar-refractivity contribution is 7.89. The van der Waals surface area contributed by atoms with E-state index in [2.05, 4.69) is 22.3 Å². The number of piperidine rings is 1. The van der Waals surface area contributed by atoms with Crippen LogP contribution in [0.25, 0.3) is 0 Å². The first-order chi connectivity index (χ1) is 14.0. The first-order valence-electron chi connectivity index (χ1n) is 10.2. The van der Waals surface area contributed by atoms with Crippen molar-refractivity contribution in [1.82, 2.24) is 9.62 Å². The Morgan fingerprint density at radius 1 is 1.03 bits per heavy atom. The largest absolute Gasteiger partial charge is 0.371 e. The number of anilines is 1. The SMILES string of the molecule is CCN(CC)S(=O)(=O)c1cccc(C(=O)NC2CCN(c3ccccc3)CC2)c1. The van der Waals surface area contributed by atoms with Gasteiger partial charge >= 0.3 is 0 Å². The predicted molar refractivity (Wildman–Crippen MR) is 116 cm³/mol. The minimum atomic E-state index is -3.58. The van der Waals surface area contributed by atoms with Crippen LogP contribution in [0, 0.1) is 0 Å². The quantitative estimate of drug-likeness (QED) is 0.754. The van der Waals surface area contributed by atoms with Crippen LogP contribution in [0.4, 0.5) is 5.69 Å². The summed E-state index contributed by atoms with van der Waals surface area (Å²) < 4.78 is 26.8. The second-order valence-electron chi connectivity index (χ2n) is 7.19. The van der Waals surface area contributed by atoms with Crippen LogP contribution in [0.2, 0.25) is 0 Å². The molecule has 1 fully saturated rings. The zero-order chi connectivity index (χ0) is 20.9. The standard InChI is InChI=1S/C22H29N3O3S/c1-3-25(4-2)29(27,28)21-12-8-9-18(17-21)22(26)23-19-13-15-24(16-14-19)20-10-6-5-7-11-20/h5-12,17,19H,3-4,13-16H2,1-2H3,(H,23,26). The number of hydrogen-bond acceptors (Lipinski definition) is 4. The van der Waals surface area contributed by atoms with Gasteiger partial charge in [-0.25, -0.2) is 8.42 Å². The van der Waals surface area contributed by atoms with Gasteiger partial charge in [0.2, 0.25) is 10.0 Å². The minimum absolute atomic E-state index is 0.0884. The van der Waals surface area contributed by atoms with Crippen LogP contribution in [0.3, 0.4) is 0 Å². The minimum Gasteiger partial charge on any atom is -0.371 e. The van der Waals surface area contributed by atoms with E-state index in [0.29, 0.717) is 18.7 Å². The van der Waals surface area contributed by atoms with Crippen molar-refractivity contribution in [3.63, 3.8) is 0 Å². The first kappa shape index (κ1) is 21.3. The summed E-state index contributed by atoms with van der Waals surface area (Å²) >= 11 is 0. The molecule has 0 radical (unpaired) electrons. The predicted octanol–water partition coefficient (Wildman–Crippen LogP) is 3.12. The molecule has 0 aromatic heterocycles. The summed E-state index contributed by atoms with van der Waals surface area (Å²) in [6.07, 6.45) is 1.72. The molecule has 1 heterocycles. The molecule has 2 aromatic rings. The van der Waals surface area contributed by atoms with Crippen molar-refractivity contribution < 1.29 is 13.2 Å². The summed E-state index contributed by atoms with van der Waals surface area (Å²) in [5, 5.41) is 3.07. The Balaban J connectivity index is 1.63. The van der Waals surface area contributed by atoms with Crippen molar-refractivity contribution in [3.8, 4) is 0 Å². The lowest BCUT2D eigenvalue weighted by molar-refractivity contribution is 0.0931. The van der Waals surface area contributed by atoms with Crippen LogP contribution in [-0.2, 0) is 10.0 Å². The molecule has 156 valence electrons. The van der Waals surface area contributed by atoms with Crippen molar-refractivity contribution in [2.75, 3.05) is 31.1 Å². The van der Waals surface area contributed by atoms with Crippen LogP contribution in [0.1, 0.15) is 37.0 Å². The fourth-order valence-electron chi connectivity index (χ4n) is 3.70. The van der Waals surface area contributed by atoms with Crippen LogP contribution >= 0.6 is 0 Å². The molecule has 1 aliphatic heterocycles. The smallest absolute Gasteiger partial charge is 0.251 e. The van der Waals surface area contributed by atoms with E-state index in [1.807, 2.05) is 18.2 Å². The van der Waals surface area contributed by atoms with E-state index < -0.39 is 10.0 Å². The Labute approximate surface area is 173 Å². The summed E-state index contributed by atoms with van der Waals surface area (Å²) in [6.45, 7) is 6.17. The maximum Gasteiger partial charge on any atom is 0.251 e. The highest BCUT2D eigenvalue weighted by atomic mass is 32.2. The van der Waals surface area contributed by atoms with Crippen molar-refractivity contribution in [2.24, 2.45) is 0 Å². The molecule has 7 heteroatoms. The molecule has 1 saturated heterocycles. The molecule has 1 N–H and O–H groups in total. The van der Waals surface area contributed by atoms with E-state index in [4.69, 9.17) is 0 Å². The molecule has 0 saturated carbocycles. The van der Waals surface area contributed by atoms with Crippen molar-refractivity contribution in [2.45, 2.75) is 37.6 Å². The van der Waals surface area contributed by atoms with Gasteiger partial charge in [-0.05, 0) is 43.2 Å². The van der Waals surface area contributed by atoms with Gasteiger partial charge in [0.15, 0.2) is 0 Å². The summed E-state index contributed by atoms with van der Waals surface area (Å²) in [5.74, 6) is -0.222. The van der Waals surface area contributed by atoms with E-state index in [-0.39, 0.29) is 16.8 Å². The van der Waals surface area contributed by atoms with Gasteiger partial charge < -0.3 is 10.2 Å². The van der Waals surface area contributed by atoms with Crippen LogP contribution in [0.15, 0.2) is 59.5 Å². The van der Waals surface area contributed by atoms with Crippen molar-refractivity contribution in [3.05, 3.63) is 60.2 Å². The Morgan fingerprint density at radius 3 is 2.31 bits per heavy atom. The fraction of sp³-hybridized carbons (Fsp3) is 0.409. The number of nitrogens with one attached hydrogen (secondary N) is 1. The van der Waals surface area contributed by atoms with E-state index in [1.54, 1.807) is 32.0 Å². The number of hydrogen-bond donors (Lipinski definition) is 1. The first-order valence-corrected chi connectivity index (χ1v) is 11.6. The average Bonchev–Trinajstić information content (AvgIpc) is 2.75. The molecule has 2 aromatic carbocycles. The molecule has 1 aliphatic rings.